The van der Waals surface area contributed by atoms with Crippen LogP contribution in [0.25, 0.3) is 11.1 Å². The van der Waals surface area contributed by atoms with E-state index in [0.29, 0.717) is 5.41 Å². The van der Waals surface area contributed by atoms with Crippen molar-refractivity contribution in [3.05, 3.63) is 138 Å². The number of ether oxygens (including phenoxy) is 1. The van der Waals surface area contributed by atoms with Gasteiger partial charge in [-0.25, -0.2) is 0 Å². The third-order valence-corrected chi connectivity index (χ3v) is 15.0. The van der Waals surface area contributed by atoms with E-state index in [1.54, 1.807) is 0 Å². The Kier molecular flexibility index (Phi) is 5.72. The summed E-state index contributed by atoms with van der Waals surface area (Å²) in [5.41, 5.74) is 12.9. The van der Waals surface area contributed by atoms with Crippen molar-refractivity contribution < 1.29 is 4.74 Å². The Morgan fingerprint density at radius 2 is 1.26 bits per heavy atom. The Labute approximate surface area is 297 Å². The Hall–Kier alpha value is -4.30. The maximum atomic E-state index is 7.00. The van der Waals surface area contributed by atoms with Crippen molar-refractivity contribution in [2.75, 3.05) is 4.90 Å². The molecule has 2 bridgehead atoms. The lowest BCUT2D eigenvalue weighted by atomic mass is 9.26. The van der Waals surface area contributed by atoms with Crippen molar-refractivity contribution in [2.45, 2.75) is 82.5 Å². The van der Waals surface area contributed by atoms with Crippen LogP contribution in [0.15, 0.2) is 115 Å². The van der Waals surface area contributed by atoms with E-state index in [4.69, 9.17) is 4.74 Å². The van der Waals surface area contributed by atoms with E-state index in [0.717, 1.165) is 35.2 Å². The minimum absolute atomic E-state index is 0.0557. The van der Waals surface area contributed by atoms with E-state index in [1.165, 1.54) is 89.0 Å². The highest BCUT2D eigenvalue weighted by molar-refractivity contribution is 5.83. The van der Waals surface area contributed by atoms with Crippen molar-refractivity contribution in [2.24, 2.45) is 29.1 Å². The first kappa shape index (κ1) is 29.4. The second-order valence-electron chi connectivity index (χ2n) is 18.1. The highest BCUT2D eigenvalue weighted by Crippen LogP contribution is 2.89. The van der Waals surface area contributed by atoms with E-state index in [1.807, 2.05) is 0 Å². The number of hydrogen-bond donors (Lipinski definition) is 0. The van der Waals surface area contributed by atoms with Gasteiger partial charge in [0.15, 0.2) is 0 Å². The molecule has 1 aliphatic heterocycles. The molecule has 5 aromatic rings. The maximum absolute atomic E-state index is 7.00. The first-order valence-corrected chi connectivity index (χ1v) is 19.2. The summed E-state index contributed by atoms with van der Waals surface area (Å²) in [4.78, 5) is 2.53. The number of fused-ring (bicyclic) bond motifs is 8. The molecule has 50 heavy (non-hydrogen) atoms. The fourth-order valence-electron chi connectivity index (χ4n) is 13.0. The van der Waals surface area contributed by atoms with Crippen molar-refractivity contribution in [1.29, 1.82) is 0 Å². The highest BCUT2D eigenvalue weighted by atomic mass is 16.5. The summed E-state index contributed by atoms with van der Waals surface area (Å²) >= 11 is 0. The largest absolute Gasteiger partial charge is 0.457 e. The molecule has 11 rings (SSSR count). The van der Waals surface area contributed by atoms with Gasteiger partial charge in [-0.3, -0.25) is 0 Å². The minimum Gasteiger partial charge on any atom is -0.457 e. The van der Waals surface area contributed by atoms with Gasteiger partial charge in [-0.15, -0.1) is 0 Å². The third-order valence-electron chi connectivity index (χ3n) is 15.0. The van der Waals surface area contributed by atoms with Gasteiger partial charge in [0.05, 0.1) is 5.69 Å². The van der Waals surface area contributed by atoms with Crippen molar-refractivity contribution in [3.8, 4) is 22.6 Å². The Bertz CT molecular complexity index is 2200. The van der Waals surface area contributed by atoms with Gasteiger partial charge in [0, 0.05) is 34.0 Å². The average molecular weight is 654 g/mol. The van der Waals surface area contributed by atoms with Crippen LogP contribution in [0.2, 0.25) is 0 Å². The lowest BCUT2D eigenvalue weighted by molar-refractivity contribution is -0.235. The maximum Gasteiger partial charge on any atom is 0.133 e. The van der Waals surface area contributed by atoms with Gasteiger partial charge in [-0.1, -0.05) is 107 Å². The van der Waals surface area contributed by atoms with E-state index >= 15 is 0 Å². The topological polar surface area (TPSA) is 12.5 Å². The number of benzene rings is 5. The zero-order valence-corrected chi connectivity index (χ0v) is 29.9. The Balaban J connectivity index is 1.10. The summed E-state index contributed by atoms with van der Waals surface area (Å²) in [7, 11) is 0. The predicted molar refractivity (Wildman–Crippen MR) is 204 cm³/mol. The summed E-state index contributed by atoms with van der Waals surface area (Å²) < 4.78 is 7.00. The SMILES string of the molecule is CC1(C)CCC(C)(C)c2c(N(c3ccc(-c4ccccc4)cc3)c3ccc4c(c3)Oc3ccccc3C43C4CC5CC6CC3C64C5)cccc21. The molecule has 4 fully saturated rings. The summed E-state index contributed by atoms with van der Waals surface area (Å²) in [6.45, 7) is 9.76. The third kappa shape index (κ3) is 3.56. The van der Waals surface area contributed by atoms with Gasteiger partial charge in [0.2, 0.25) is 0 Å². The van der Waals surface area contributed by atoms with Crippen molar-refractivity contribution in [3.63, 3.8) is 0 Å². The first-order valence-electron chi connectivity index (χ1n) is 19.2. The monoisotopic (exact) mass is 653 g/mol. The molecule has 6 aliphatic rings. The van der Waals surface area contributed by atoms with E-state index in [2.05, 4.69) is 148 Å². The molecular weight excluding hydrogens is 607 g/mol. The van der Waals surface area contributed by atoms with Crippen molar-refractivity contribution >= 4 is 17.1 Å². The second-order valence-corrected chi connectivity index (χ2v) is 18.1. The molecule has 0 amide bonds. The van der Waals surface area contributed by atoms with Crippen LogP contribution in [0.1, 0.15) is 88.5 Å². The molecule has 2 nitrogen and oxygen atoms in total. The summed E-state index contributed by atoms with van der Waals surface area (Å²) in [6.07, 6.45) is 8.11. The summed E-state index contributed by atoms with van der Waals surface area (Å²) in [5.74, 6) is 5.54. The molecule has 0 aromatic heterocycles. The molecule has 1 heterocycles. The molecule has 6 atom stereocenters. The van der Waals surface area contributed by atoms with Crippen LogP contribution in [0.5, 0.6) is 11.5 Å². The highest BCUT2D eigenvalue weighted by Gasteiger charge is 2.84. The van der Waals surface area contributed by atoms with E-state index in [9.17, 15) is 0 Å². The lowest BCUT2D eigenvalue weighted by Gasteiger charge is -2.77. The van der Waals surface area contributed by atoms with Crippen LogP contribution in [0.3, 0.4) is 0 Å². The lowest BCUT2D eigenvalue weighted by Crippen LogP contribution is -2.74. The van der Waals surface area contributed by atoms with Gasteiger partial charge >= 0.3 is 0 Å². The van der Waals surface area contributed by atoms with E-state index < -0.39 is 0 Å². The van der Waals surface area contributed by atoms with Gasteiger partial charge in [0.25, 0.3) is 0 Å². The number of nitrogens with zero attached hydrogens (tertiary/aromatic N) is 1. The van der Waals surface area contributed by atoms with E-state index in [-0.39, 0.29) is 16.2 Å². The van der Waals surface area contributed by atoms with Gasteiger partial charge < -0.3 is 9.64 Å². The zero-order valence-electron chi connectivity index (χ0n) is 29.9. The first-order chi connectivity index (χ1) is 24.2. The molecule has 5 aromatic carbocycles. The predicted octanol–water partition coefficient (Wildman–Crippen LogP) is 12.6. The molecule has 0 radical (unpaired) electrons. The Morgan fingerprint density at radius 3 is 2.08 bits per heavy atom. The quantitative estimate of drug-likeness (QED) is 0.191. The molecule has 6 unspecified atom stereocenters. The van der Waals surface area contributed by atoms with Crippen LogP contribution < -0.4 is 9.64 Å². The zero-order chi connectivity index (χ0) is 33.6. The average Bonchev–Trinajstić information content (AvgIpc) is 3.66. The molecule has 5 aliphatic carbocycles. The number of hydrogen-bond acceptors (Lipinski definition) is 2. The molecule has 0 saturated heterocycles. The molecular formula is C48H47NO. The smallest absolute Gasteiger partial charge is 0.133 e. The van der Waals surface area contributed by atoms with Crippen LogP contribution in [-0.4, -0.2) is 0 Å². The van der Waals surface area contributed by atoms with Gasteiger partial charge in [-0.2, -0.15) is 0 Å². The molecule has 0 N–H and O–H groups in total. The van der Waals surface area contributed by atoms with Crippen LogP contribution in [-0.2, 0) is 16.2 Å². The minimum atomic E-state index is 0.0557. The second kappa shape index (κ2) is 9.72. The molecule has 2 spiro atoms. The molecule has 4 saturated carbocycles. The van der Waals surface area contributed by atoms with Crippen LogP contribution >= 0.6 is 0 Å². The van der Waals surface area contributed by atoms with Crippen molar-refractivity contribution in [1.82, 2.24) is 0 Å². The Morgan fingerprint density at radius 1 is 0.580 bits per heavy atom. The summed E-state index contributed by atoms with van der Waals surface area (Å²) in [5, 5.41) is 0. The number of para-hydroxylation sites is 1. The summed E-state index contributed by atoms with van der Waals surface area (Å²) in [6, 6.07) is 43.4. The molecule has 2 heteroatoms. The molecule has 250 valence electrons. The van der Waals surface area contributed by atoms with Crippen LogP contribution in [0, 0.1) is 29.1 Å². The fraction of sp³-hybridized carbons (Fsp3) is 0.375. The number of anilines is 3. The van der Waals surface area contributed by atoms with Gasteiger partial charge in [-0.05, 0) is 131 Å². The fourth-order valence-corrected chi connectivity index (χ4v) is 13.0. The standard InChI is InChI=1S/C48H47NO/c1-45(2)23-24-46(3,4)44-38(45)14-10-15-39(44)49(34-19-17-32(18-20-34)31-11-6-5-7-12-31)35-21-22-37-41(28-35)50-40-16-9-8-13-36(40)48(37)42-26-30-25-33-27-43(48)47(33,42)29-30/h5-22,28,30,33,42-43H,23-27,29H2,1-4H3. The number of rotatable bonds is 4. The van der Waals surface area contributed by atoms with Gasteiger partial charge in [0.1, 0.15) is 11.5 Å². The van der Waals surface area contributed by atoms with Crippen LogP contribution in [0.4, 0.5) is 17.1 Å². The normalized spacial score (nSPS) is 31.0.